The molecule has 1 aliphatic heterocycles. The van der Waals surface area contributed by atoms with Crippen LogP contribution < -0.4 is 4.74 Å². The topological polar surface area (TPSA) is 49.8 Å². The number of aliphatic hydroxyl groups is 1. The first-order chi connectivity index (χ1) is 9.72. The Hall–Kier alpha value is -1.26. The predicted octanol–water partition coefficient (Wildman–Crippen LogP) is 2.48. The van der Waals surface area contributed by atoms with Gasteiger partial charge in [-0.05, 0) is 25.0 Å². The van der Waals surface area contributed by atoms with Crippen molar-refractivity contribution in [2.24, 2.45) is 0 Å². The lowest BCUT2D eigenvalue weighted by molar-refractivity contribution is -0.136. The number of nitrogens with zero attached hydrogens (tertiary/aromatic N) is 1. The van der Waals surface area contributed by atoms with Gasteiger partial charge >= 0.3 is 0 Å². The highest BCUT2D eigenvalue weighted by Gasteiger charge is 2.25. The van der Waals surface area contributed by atoms with E-state index in [9.17, 15) is 9.90 Å². The highest BCUT2D eigenvalue weighted by atomic mass is 35.5. The van der Waals surface area contributed by atoms with Crippen molar-refractivity contribution in [2.45, 2.75) is 31.7 Å². The highest BCUT2D eigenvalue weighted by Crippen LogP contribution is 2.23. The van der Waals surface area contributed by atoms with Crippen LogP contribution in [0.1, 0.15) is 25.7 Å². The van der Waals surface area contributed by atoms with E-state index >= 15 is 0 Å². The number of likely N-dealkylation sites (tertiary alicyclic amines) is 1. The molecule has 1 atom stereocenters. The second-order valence-corrected chi connectivity index (χ2v) is 5.40. The Morgan fingerprint density at radius 1 is 1.35 bits per heavy atom. The molecule has 1 aromatic carbocycles. The van der Waals surface area contributed by atoms with Crippen LogP contribution >= 0.6 is 11.6 Å². The summed E-state index contributed by atoms with van der Waals surface area (Å²) in [6, 6.07) is 7.01. The molecule has 0 aromatic heterocycles. The smallest absolute Gasteiger partial charge is 0.260 e. The summed E-state index contributed by atoms with van der Waals surface area (Å²) in [5.41, 5.74) is 0. The van der Waals surface area contributed by atoms with Crippen LogP contribution in [0.2, 0.25) is 5.02 Å². The number of halogens is 1. The number of para-hydroxylation sites is 1. The average molecular weight is 298 g/mol. The summed E-state index contributed by atoms with van der Waals surface area (Å²) in [6.45, 7) is 0.661. The minimum atomic E-state index is -0.0918. The van der Waals surface area contributed by atoms with Gasteiger partial charge in [-0.1, -0.05) is 36.6 Å². The molecule has 1 unspecified atom stereocenters. The fourth-order valence-corrected chi connectivity index (χ4v) is 2.67. The molecule has 0 spiro atoms. The number of amides is 1. The molecule has 1 fully saturated rings. The molecular weight excluding hydrogens is 278 g/mol. The standard InChI is InChI=1S/C15H20ClNO3/c16-13-7-3-4-8-14(13)20-11-15(19)17-9-5-1-2-6-12(17)10-18/h3-4,7-8,12,18H,1-2,5-6,9-11H2. The van der Waals surface area contributed by atoms with Crippen molar-refractivity contribution in [1.82, 2.24) is 4.90 Å². The second kappa shape index (κ2) is 7.50. The molecule has 1 saturated heterocycles. The van der Waals surface area contributed by atoms with Crippen LogP contribution in [0.3, 0.4) is 0 Å². The normalized spacial score (nSPS) is 19.5. The summed E-state index contributed by atoms with van der Waals surface area (Å²) < 4.78 is 5.48. The van der Waals surface area contributed by atoms with Crippen molar-refractivity contribution >= 4 is 17.5 Å². The largest absolute Gasteiger partial charge is 0.482 e. The lowest BCUT2D eigenvalue weighted by Gasteiger charge is -2.28. The number of rotatable bonds is 4. The van der Waals surface area contributed by atoms with Crippen molar-refractivity contribution in [3.8, 4) is 5.75 Å². The van der Waals surface area contributed by atoms with E-state index in [0.29, 0.717) is 17.3 Å². The number of carbonyl (C=O) groups excluding carboxylic acids is 1. The van der Waals surface area contributed by atoms with E-state index in [-0.39, 0.29) is 25.2 Å². The van der Waals surface area contributed by atoms with Crippen LogP contribution in [0.5, 0.6) is 5.75 Å². The van der Waals surface area contributed by atoms with Gasteiger partial charge in [0.25, 0.3) is 5.91 Å². The molecule has 4 nitrogen and oxygen atoms in total. The van der Waals surface area contributed by atoms with Gasteiger partial charge in [-0.25, -0.2) is 0 Å². The molecule has 1 amide bonds. The molecule has 5 heteroatoms. The van der Waals surface area contributed by atoms with E-state index in [1.54, 1.807) is 17.0 Å². The summed E-state index contributed by atoms with van der Waals surface area (Å²) >= 11 is 5.99. The third-order valence-electron chi connectivity index (χ3n) is 3.60. The molecule has 0 aliphatic carbocycles. The number of ether oxygens (including phenoxy) is 1. The third kappa shape index (κ3) is 3.87. The molecule has 1 heterocycles. The molecular formula is C15H20ClNO3. The Morgan fingerprint density at radius 2 is 2.15 bits per heavy atom. The van der Waals surface area contributed by atoms with E-state index in [4.69, 9.17) is 16.3 Å². The zero-order valence-corrected chi connectivity index (χ0v) is 12.2. The molecule has 1 aromatic rings. The number of carbonyl (C=O) groups is 1. The van der Waals surface area contributed by atoms with E-state index in [0.717, 1.165) is 25.7 Å². The molecule has 0 saturated carbocycles. The van der Waals surface area contributed by atoms with E-state index in [1.807, 2.05) is 12.1 Å². The highest BCUT2D eigenvalue weighted by molar-refractivity contribution is 6.32. The van der Waals surface area contributed by atoms with Gasteiger partial charge in [-0.15, -0.1) is 0 Å². The van der Waals surface area contributed by atoms with Crippen molar-refractivity contribution in [2.75, 3.05) is 19.8 Å². The number of hydrogen-bond acceptors (Lipinski definition) is 3. The van der Waals surface area contributed by atoms with Gasteiger partial charge in [0.15, 0.2) is 6.61 Å². The maximum atomic E-state index is 12.3. The van der Waals surface area contributed by atoms with Gasteiger partial charge in [0.05, 0.1) is 17.7 Å². The monoisotopic (exact) mass is 297 g/mol. The Balaban J connectivity index is 1.94. The van der Waals surface area contributed by atoms with Crippen LogP contribution in [0.4, 0.5) is 0 Å². The first-order valence-corrected chi connectivity index (χ1v) is 7.38. The summed E-state index contributed by atoms with van der Waals surface area (Å²) in [5, 5.41) is 9.90. The van der Waals surface area contributed by atoms with Crippen molar-refractivity contribution in [3.05, 3.63) is 29.3 Å². The minimum absolute atomic E-state index is 0.0117. The number of aliphatic hydroxyl groups excluding tert-OH is 1. The summed E-state index contributed by atoms with van der Waals surface area (Å²) in [4.78, 5) is 14.0. The molecule has 0 bridgehead atoms. The first-order valence-electron chi connectivity index (χ1n) is 7.00. The molecule has 2 rings (SSSR count). The van der Waals surface area contributed by atoms with Crippen LogP contribution in [0.15, 0.2) is 24.3 Å². The molecule has 0 radical (unpaired) electrons. The van der Waals surface area contributed by atoms with E-state index in [2.05, 4.69) is 0 Å². The predicted molar refractivity (Wildman–Crippen MR) is 78.0 cm³/mol. The SMILES string of the molecule is O=C(COc1ccccc1Cl)N1CCCCCC1CO. The van der Waals surface area contributed by atoms with Gasteiger partial charge in [0.2, 0.25) is 0 Å². The summed E-state index contributed by atoms with van der Waals surface area (Å²) in [7, 11) is 0. The fourth-order valence-electron chi connectivity index (χ4n) is 2.48. The maximum Gasteiger partial charge on any atom is 0.260 e. The third-order valence-corrected chi connectivity index (χ3v) is 3.91. The number of hydrogen-bond donors (Lipinski definition) is 1. The lowest BCUT2D eigenvalue weighted by atomic mass is 10.1. The Morgan fingerprint density at radius 3 is 2.90 bits per heavy atom. The van der Waals surface area contributed by atoms with Gasteiger partial charge in [0.1, 0.15) is 5.75 Å². The number of benzene rings is 1. The first kappa shape index (κ1) is 15.1. The van der Waals surface area contributed by atoms with Crippen molar-refractivity contribution in [3.63, 3.8) is 0 Å². The second-order valence-electron chi connectivity index (χ2n) is 4.99. The fraction of sp³-hybridized carbons (Fsp3) is 0.533. The van der Waals surface area contributed by atoms with Gasteiger partial charge in [-0.2, -0.15) is 0 Å². The van der Waals surface area contributed by atoms with Crippen molar-refractivity contribution < 1.29 is 14.6 Å². The zero-order valence-electron chi connectivity index (χ0n) is 11.4. The van der Waals surface area contributed by atoms with Gasteiger partial charge < -0.3 is 14.7 Å². The van der Waals surface area contributed by atoms with Gasteiger partial charge in [0, 0.05) is 6.54 Å². The Bertz CT molecular complexity index is 452. The summed E-state index contributed by atoms with van der Waals surface area (Å²) in [6.07, 6.45) is 3.99. The van der Waals surface area contributed by atoms with Crippen LogP contribution in [0.25, 0.3) is 0 Å². The Labute approximate surface area is 124 Å². The molecule has 110 valence electrons. The molecule has 1 N–H and O–H groups in total. The average Bonchev–Trinajstić information content (AvgIpc) is 2.71. The van der Waals surface area contributed by atoms with E-state index in [1.165, 1.54) is 0 Å². The van der Waals surface area contributed by atoms with Crippen molar-refractivity contribution in [1.29, 1.82) is 0 Å². The molecule has 20 heavy (non-hydrogen) atoms. The van der Waals surface area contributed by atoms with Crippen LogP contribution in [0, 0.1) is 0 Å². The van der Waals surface area contributed by atoms with E-state index < -0.39 is 0 Å². The van der Waals surface area contributed by atoms with Crippen LogP contribution in [-0.4, -0.2) is 41.7 Å². The Kier molecular flexibility index (Phi) is 5.68. The summed E-state index contributed by atoms with van der Waals surface area (Å²) in [5.74, 6) is 0.420. The maximum absolute atomic E-state index is 12.3. The quantitative estimate of drug-likeness (QED) is 0.929. The van der Waals surface area contributed by atoms with Gasteiger partial charge in [-0.3, -0.25) is 4.79 Å². The minimum Gasteiger partial charge on any atom is -0.482 e. The lowest BCUT2D eigenvalue weighted by Crippen LogP contribution is -2.44. The molecule has 1 aliphatic rings. The zero-order chi connectivity index (χ0) is 14.4. The van der Waals surface area contributed by atoms with Crippen LogP contribution in [-0.2, 0) is 4.79 Å².